The lowest BCUT2D eigenvalue weighted by molar-refractivity contribution is -0.146. The van der Waals surface area contributed by atoms with Gasteiger partial charge < -0.3 is 4.74 Å². The molecule has 1 rings (SSSR count). The van der Waals surface area contributed by atoms with Crippen molar-refractivity contribution in [3.05, 3.63) is 46.3 Å². The van der Waals surface area contributed by atoms with E-state index in [1.54, 1.807) is 20.8 Å². The second-order valence-electron chi connectivity index (χ2n) is 8.53. The molecule has 0 bridgehead atoms. The fourth-order valence-corrected chi connectivity index (χ4v) is 4.17. The third-order valence-electron chi connectivity index (χ3n) is 6.27. The van der Waals surface area contributed by atoms with Crippen molar-refractivity contribution in [3.8, 4) is 0 Å². The van der Waals surface area contributed by atoms with Gasteiger partial charge in [0.25, 0.3) is 0 Å². The number of Topliss-reactive ketones (excluding diaryl/α,β-unsaturated/α-hetero) is 1. The van der Waals surface area contributed by atoms with Crippen molar-refractivity contribution in [2.24, 2.45) is 34.0 Å². The van der Waals surface area contributed by atoms with Crippen LogP contribution in [0.25, 0.3) is 0 Å². The van der Waals surface area contributed by atoms with E-state index in [1.807, 2.05) is 13.8 Å². The minimum absolute atomic E-state index is 0.0997. The number of cyclic esters (lactones) is 1. The zero-order valence-corrected chi connectivity index (χ0v) is 18.7. The van der Waals surface area contributed by atoms with E-state index in [2.05, 4.69) is 30.1 Å². The van der Waals surface area contributed by atoms with Crippen LogP contribution in [0.5, 0.6) is 0 Å². The van der Waals surface area contributed by atoms with Gasteiger partial charge in [-0.05, 0) is 24.3 Å². The molecule has 7 nitrogen and oxygen atoms in total. The second-order valence-corrected chi connectivity index (χ2v) is 8.53. The highest BCUT2D eigenvalue weighted by Gasteiger charge is 2.39. The largest absolute Gasteiger partial charge is 0.458 e. The maximum Gasteiger partial charge on any atom is 0.336 e. The molecule has 0 aromatic rings. The first-order valence-corrected chi connectivity index (χ1v) is 10.5. The Morgan fingerprint density at radius 3 is 2.10 bits per heavy atom. The Bertz CT molecular complexity index is 729. The van der Waals surface area contributed by atoms with Gasteiger partial charge in [-0.3, -0.25) is 4.79 Å². The van der Waals surface area contributed by atoms with Crippen LogP contribution in [0.4, 0.5) is 0 Å². The maximum absolute atomic E-state index is 12.9. The summed E-state index contributed by atoms with van der Waals surface area (Å²) in [6.07, 6.45) is 1.09. The Morgan fingerprint density at radius 1 is 1.00 bits per heavy atom. The van der Waals surface area contributed by atoms with E-state index in [-0.39, 0.29) is 23.2 Å². The summed E-state index contributed by atoms with van der Waals surface area (Å²) in [5.74, 6) is -2.64. The maximum atomic E-state index is 12.9. The number of nitroso groups, excluding NO2 is 2. The fourth-order valence-electron chi connectivity index (χ4n) is 4.17. The molecule has 0 unspecified atom stereocenters. The molecule has 0 amide bonds. The van der Waals surface area contributed by atoms with Gasteiger partial charge in [-0.1, -0.05) is 71.1 Å². The molecule has 0 aromatic carbocycles. The molecule has 0 radical (unpaired) electrons. The van der Waals surface area contributed by atoms with Gasteiger partial charge in [0.1, 0.15) is 12.1 Å². The van der Waals surface area contributed by atoms with Crippen molar-refractivity contribution < 1.29 is 14.3 Å². The number of hydrogen-bond donors (Lipinski definition) is 0. The van der Waals surface area contributed by atoms with Crippen molar-refractivity contribution in [3.63, 3.8) is 0 Å². The first kappa shape index (κ1) is 25.6. The normalized spacial score (nSPS) is 34.8. The molecule has 1 aliphatic heterocycles. The third-order valence-corrected chi connectivity index (χ3v) is 6.27. The number of nitrogens with zero attached hydrogens (tertiary/aromatic N) is 2. The minimum atomic E-state index is -1.15. The summed E-state index contributed by atoms with van der Waals surface area (Å²) in [4.78, 5) is 48.9. The number of hydrogen-bond acceptors (Lipinski definition) is 7. The zero-order chi connectivity index (χ0) is 23.2. The van der Waals surface area contributed by atoms with Gasteiger partial charge in [0.15, 0.2) is 5.78 Å². The highest BCUT2D eigenvalue weighted by atomic mass is 16.5. The van der Waals surface area contributed by atoms with Crippen molar-refractivity contribution in [1.82, 2.24) is 0 Å². The molecule has 0 aromatic heterocycles. The monoisotopic (exact) mass is 418 g/mol. The molecule has 0 saturated carbocycles. The average Bonchev–Trinajstić information content (AvgIpc) is 2.71. The summed E-state index contributed by atoms with van der Waals surface area (Å²) in [6, 6.07) is -1.97. The molecule has 0 N–H and O–H groups in total. The Morgan fingerprint density at radius 2 is 1.60 bits per heavy atom. The summed E-state index contributed by atoms with van der Waals surface area (Å²) in [7, 11) is 0. The van der Waals surface area contributed by atoms with Crippen LogP contribution >= 0.6 is 0 Å². The number of esters is 1. The summed E-state index contributed by atoms with van der Waals surface area (Å²) in [5.41, 5.74) is 0.709. The predicted molar refractivity (Wildman–Crippen MR) is 118 cm³/mol. The van der Waals surface area contributed by atoms with Crippen molar-refractivity contribution in [2.45, 2.75) is 72.1 Å². The van der Waals surface area contributed by atoms with Crippen LogP contribution < -0.4 is 0 Å². The SMILES string of the molecule is C=C1C(=C)[C@@H](C)[C@@H](CCC)OC(=O)C(=C)[C@@H](N=O)[C@H](C)[C@@H](N=O)[C@@H](C)C[C@@H](C)C1=O. The Labute approximate surface area is 179 Å². The van der Waals surface area contributed by atoms with E-state index in [0.717, 1.165) is 6.42 Å². The van der Waals surface area contributed by atoms with E-state index in [0.29, 0.717) is 24.0 Å². The lowest BCUT2D eigenvalue weighted by Crippen LogP contribution is -2.38. The van der Waals surface area contributed by atoms with Gasteiger partial charge in [0.2, 0.25) is 0 Å². The van der Waals surface area contributed by atoms with E-state index in [9.17, 15) is 19.4 Å². The van der Waals surface area contributed by atoms with Gasteiger partial charge >= 0.3 is 5.97 Å². The van der Waals surface area contributed by atoms with Crippen molar-refractivity contribution in [2.75, 3.05) is 0 Å². The summed E-state index contributed by atoms with van der Waals surface area (Å²) >= 11 is 0. The van der Waals surface area contributed by atoms with Crippen LogP contribution in [0.3, 0.4) is 0 Å². The molecule has 30 heavy (non-hydrogen) atoms. The smallest absolute Gasteiger partial charge is 0.336 e. The lowest BCUT2D eigenvalue weighted by Gasteiger charge is -2.31. The number of ketones is 1. The first-order chi connectivity index (χ1) is 14.0. The van der Waals surface area contributed by atoms with E-state index in [1.165, 1.54) is 0 Å². The molecule has 0 aliphatic carbocycles. The highest BCUT2D eigenvalue weighted by Crippen LogP contribution is 2.33. The molecule has 0 spiro atoms. The van der Waals surface area contributed by atoms with Crippen LogP contribution in [-0.4, -0.2) is 29.9 Å². The first-order valence-electron chi connectivity index (χ1n) is 10.5. The van der Waals surface area contributed by atoms with Crippen LogP contribution in [0, 0.1) is 33.5 Å². The molecular weight excluding hydrogens is 384 g/mol. The van der Waals surface area contributed by atoms with E-state index < -0.39 is 36.0 Å². The predicted octanol–water partition coefficient (Wildman–Crippen LogP) is 5.15. The molecular formula is C23H34N2O5. The van der Waals surface area contributed by atoms with E-state index >= 15 is 0 Å². The molecule has 1 saturated heterocycles. The standard InChI is InChI=1S/C23H34N2O5/c1-9-10-19-15(5)14(4)16(6)22(26)13(3)11-12(2)20(24-28)17(7)21(25-29)18(8)23(27)30-19/h12-13,15,17,19-21H,4,6,8-11H2,1-3,5,7H3/t12-,13+,15+,17+,19+,20-,21-/m0/s1. The highest BCUT2D eigenvalue weighted by molar-refractivity contribution is 6.00. The lowest BCUT2D eigenvalue weighted by atomic mass is 9.77. The second kappa shape index (κ2) is 11.1. The quantitative estimate of drug-likeness (QED) is 0.357. The van der Waals surface area contributed by atoms with Crippen molar-refractivity contribution in [1.29, 1.82) is 0 Å². The Balaban J connectivity index is 3.45. The zero-order valence-electron chi connectivity index (χ0n) is 18.7. The summed E-state index contributed by atoms with van der Waals surface area (Å²) in [5, 5.41) is 6.26. The molecule has 7 heteroatoms. The fraction of sp³-hybridized carbons (Fsp3) is 0.652. The Kier molecular flexibility index (Phi) is 9.46. The van der Waals surface area contributed by atoms with Gasteiger partial charge in [-0.2, -0.15) is 9.81 Å². The number of rotatable bonds is 4. The number of carbonyl (C=O) groups excluding carboxylic acids is 2. The van der Waals surface area contributed by atoms with Crippen LogP contribution in [0.15, 0.2) is 46.8 Å². The number of carbonyl (C=O) groups is 2. The number of ether oxygens (including phenoxy) is 1. The van der Waals surface area contributed by atoms with Gasteiger partial charge in [0.05, 0.1) is 11.6 Å². The molecule has 1 aliphatic rings. The summed E-state index contributed by atoms with van der Waals surface area (Å²) < 4.78 is 5.66. The van der Waals surface area contributed by atoms with Crippen LogP contribution in [-0.2, 0) is 14.3 Å². The van der Waals surface area contributed by atoms with E-state index in [4.69, 9.17) is 4.74 Å². The number of allylic oxidation sites excluding steroid dienone is 1. The van der Waals surface area contributed by atoms with Crippen molar-refractivity contribution >= 4 is 11.8 Å². The van der Waals surface area contributed by atoms with Gasteiger partial charge in [0, 0.05) is 23.3 Å². The minimum Gasteiger partial charge on any atom is -0.458 e. The average molecular weight is 419 g/mol. The van der Waals surface area contributed by atoms with Crippen LogP contribution in [0.1, 0.15) is 53.9 Å². The van der Waals surface area contributed by atoms with Crippen LogP contribution in [0.2, 0.25) is 0 Å². The topological polar surface area (TPSA) is 102 Å². The van der Waals surface area contributed by atoms with Gasteiger partial charge in [-0.25, -0.2) is 4.79 Å². The third kappa shape index (κ3) is 5.58. The summed E-state index contributed by atoms with van der Waals surface area (Å²) in [6.45, 7) is 20.7. The van der Waals surface area contributed by atoms with Gasteiger partial charge in [-0.15, -0.1) is 0 Å². The molecule has 1 fully saturated rings. The molecule has 1 heterocycles. The molecule has 7 atom stereocenters. The molecule has 166 valence electrons. The Hall–Kier alpha value is -2.44.